The van der Waals surface area contributed by atoms with Crippen LogP contribution in [0.5, 0.6) is 0 Å². The van der Waals surface area contributed by atoms with Crippen molar-refractivity contribution in [3.05, 3.63) is 127 Å². The summed E-state index contributed by atoms with van der Waals surface area (Å²) in [5, 5.41) is 12.9. The number of hydrogen-bond donors (Lipinski definition) is 0. The van der Waals surface area contributed by atoms with Gasteiger partial charge in [0, 0.05) is 21.5 Å². The van der Waals surface area contributed by atoms with Crippen LogP contribution in [0.2, 0.25) is 0 Å². The highest BCUT2D eigenvalue weighted by molar-refractivity contribution is 6.27. The minimum absolute atomic E-state index is 1.26. The van der Waals surface area contributed by atoms with Gasteiger partial charge in [-0.25, -0.2) is 0 Å². The maximum atomic E-state index is 2.50. The first kappa shape index (κ1) is 19.3. The zero-order chi connectivity index (χ0) is 24.1. The SMILES string of the molecule is c1ccc2cc(-c3cc4c5cc6ccccc6cc5n5c6cc7ccccc7cc6c(c3)c45)ccc2c1. The monoisotopic (exact) mass is 467 g/mol. The van der Waals surface area contributed by atoms with Crippen LogP contribution in [-0.2, 0) is 0 Å². The molecule has 0 saturated heterocycles. The fourth-order valence-corrected chi connectivity index (χ4v) is 6.45. The zero-order valence-electron chi connectivity index (χ0n) is 20.1. The lowest BCUT2D eigenvalue weighted by Crippen LogP contribution is -1.82. The van der Waals surface area contributed by atoms with Crippen LogP contribution in [0.4, 0.5) is 0 Å². The summed E-state index contributed by atoms with van der Waals surface area (Å²) in [5.74, 6) is 0. The van der Waals surface area contributed by atoms with Crippen molar-refractivity contribution in [2.45, 2.75) is 0 Å². The Hall–Kier alpha value is -4.88. The van der Waals surface area contributed by atoms with E-state index in [9.17, 15) is 0 Å². The molecule has 0 atom stereocenters. The van der Waals surface area contributed by atoms with E-state index in [4.69, 9.17) is 0 Å². The number of aromatic nitrogens is 1. The molecule has 9 aromatic rings. The minimum Gasteiger partial charge on any atom is -0.308 e. The fraction of sp³-hybridized carbons (Fsp3) is 0. The van der Waals surface area contributed by atoms with Gasteiger partial charge < -0.3 is 4.40 Å². The van der Waals surface area contributed by atoms with E-state index in [0.29, 0.717) is 0 Å². The number of hydrogen-bond acceptors (Lipinski definition) is 0. The summed E-state index contributed by atoms with van der Waals surface area (Å²) in [7, 11) is 0. The lowest BCUT2D eigenvalue weighted by molar-refractivity contribution is 1.38. The van der Waals surface area contributed by atoms with Gasteiger partial charge in [-0.1, -0.05) is 84.9 Å². The number of fused-ring (bicyclic) bond motifs is 9. The molecular formula is C36H21N. The first-order valence-corrected chi connectivity index (χ1v) is 12.9. The second-order valence-electron chi connectivity index (χ2n) is 10.3. The highest BCUT2D eigenvalue weighted by Crippen LogP contribution is 2.43. The lowest BCUT2D eigenvalue weighted by atomic mass is 9.96. The summed E-state index contributed by atoms with van der Waals surface area (Å²) in [5.41, 5.74) is 6.40. The highest BCUT2D eigenvalue weighted by Gasteiger charge is 2.20. The van der Waals surface area contributed by atoms with E-state index < -0.39 is 0 Å². The summed E-state index contributed by atoms with van der Waals surface area (Å²) in [6.45, 7) is 0. The molecule has 0 spiro atoms. The number of benzene rings is 7. The second kappa shape index (κ2) is 6.87. The molecule has 1 heteroatoms. The van der Waals surface area contributed by atoms with Crippen LogP contribution in [0, 0.1) is 0 Å². The molecule has 7 aromatic carbocycles. The first-order valence-electron chi connectivity index (χ1n) is 12.9. The van der Waals surface area contributed by atoms with Gasteiger partial charge in [0.2, 0.25) is 0 Å². The van der Waals surface area contributed by atoms with Gasteiger partial charge in [-0.15, -0.1) is 0 Å². The van der Waals surface area contributed by atoms with Gasteiger partial charge in [0.05, 0.1) is 16.6 Å². The molecule has 2 aromatic heterocycles. The molecule has 0 saturated carbocycles. The third-order valence-corrected chi connectivity index (χ3v) is 8.21. The van der Waals surface area contributed by atoms with E-state index in [2.05, 4.69) is 132 Å². The maximum Gasteiger partial charge on any atom is 0.0620 e. The van der Waals surface area contributed by atoms with Crippen molar-refractivity contribution in [3.8, 4) is 11.1 Å². The molecule has 0 fully saturated rings. The largest absolute Gasteiger partial charge is 0.308 e. The molecule has 0 aliphatic rings. The Balaban J connectivity index is 1.49. The Morgan fingerprint density at radius 1 is 0.324 bits per heavy atom. The van der Waals surface area contributed by atoms with Gasteiger partial charge in [-0.3, -0.25) is 0 Å². The van der Waals surface area contributed by atoms with Crippen LogP contribution in [0.25, 0.3) is 81.5 Å². The second-order valence-corrected chi connectivity index (χ2v) is 10.3. The topological polar surface area (TPSA) is 4.41 Å². The van der Waals surface area contributed by atoms with Crippen LogP contribution in [0.1, 0.15) is 0 Å². The van der Waals surface area contributed by atoms with Crippen molar-refractivity contribution in [2.75, 3.05) is 0 Å². The number of rotatable bonds is 1. The summed E-state index contributed by atoms with van der Waals surface area (Å²) >= 11 is 0. The predicted molar refractivity (Wildman–Crippen MR) is 159 cm³/mol. The Morgan fingerprint density at radius 3 is 1.32 bits per heavy atom. The molecule has 0 amide bonds. The van der Waals surface area contributed by atoms with Gasteiger partial charge in [0.25, 0.3) is 0 Å². The highest BCUT2D eigenvalue weighted by atomic mass is 14.9. The Labute approximate surface area is 213 Å². The summed E-state index contributed by atoms with van der Waals surface area (Å²) in [6, 6.07) is 47.2. The minimum atomic E-state index is 1.26. The molecule has 0 bridgehead atoms. The van der Waals surface area contributed by atoms with Gasteiger partial charge in [0.15, 0.2) is 0 Å². The quantitative estimate of drug-likeness (QED) is 0.226. The van der Waals surface area contributed by atoms with Crippen molar-refractivity contribution in [1.82, 2.24) is 4.40 Å². The van der Waals surface area contributed by atoms with Crippen LogP contribution in [-0.4, -0.2) is 4.40 Å². The van der Waals surface area contributed by atoms with Crippen molar-refractivity contribution < 1.29 is 0 Å². The molecule has 170 valence electrons. The van der Waals surface area contributed by atoms with E-state index in [1.54, 1.807) is 0 Å². The predicted octanol–water partition coefficient (Wildman–Crippen LogP) is 9.96. The third kappa shape index (κ3) is 2.58. The molecule has 2 heterocycles. The van der Waals surface area contributed by atoms with Crippen LogP contribution in [0.15, 0.2) is 127 Å². The zero-order valence-corrected chi connectivity index (χ0v) is 20.1. The van der Waals surface area contributed by atoms with Crippen molar-refractivity contribution >= 4 is 70.4 Å². The summed E-state index contributed by atoms with van der Waals surface area (Å²) in [4.78, 5) is 0. The molecule has 0 aliphatic carbocycles. The lowest BCUT2D eigenvalue weighted by Gasteiger charge is -2.07. The maximum absolute atomic E-state index is 2.50. The average Bonchev–Trinajstić information content (AvgIpc) is 3.44. The molecule has 0 aliphatic heterocycles. The molecule has 0 N–H and O–H groups in total. The van der Waals surface area contributed by atoms with E-state index in [0.717, 1.165) is 0 Å². The van der Waals surface area contributed by atoms with Gasteiger partial charge >= 0.3 is 0 Å². The Bertz CT molecular complexity index is 2230. The Morgan fingerprint density at radius 2 is 0.784 bits per heavy atom. The first-order chi connectivity index (χ1) is 18.3. The Kier molecular flexibility index (Phi) is 3.59. The smallest absolute Gasteiger partial charge is 0.0620 e. The molecule has 37 heavy (non-hydrogen) atoms. The molecular weight excluding hydrogens is 446 g/mol. The normalized spacial score (nSPS) is 12.3. The van der Waals surface area contributed by atoms with E-state index in [1.807, 2.05) is 0 Å². The summed E-state index contributed by atoms with van der Waals surface area (Å²) in [6.07, 6.45) is 0. The van der Waals surface area contributed by atoms with E-state index in [1.165, 1.54) is 81.5 Å². The molecule has 0 unspecified atom stereocenters. The molecule has 9 rings (SSSR count). The van der Waals surface area contributed by atoms with Crippen molar-refractivity contribution in [2.24, 2.45) is 0 Å². The van der Waals surface area contributed by atoms with Crippen LogP contribution < -0.4 is 0 Å². The van der Waals surface area contributed by atoms with Crippen LogP contribution >= 0.6 is 0 Å². The number of nitrogens with zero attached hydrogens (tertiary/aromatic N) is 1. The average molecular weight is 468 g/mol. The third-order valence-electron chi connectivity index (χ3n) is 8.21. The molecule has 0 radical (unpaired) electrons. The van der Waals surface area contributed by atoms with Crippen molar-refractivity contribution in [3.63, 3.8) is 0 Å². The fourth-order valence-electron chi connectivity index (χ4n) is 6.45. The standard InChI is InChI=1S/C36H21N/c1-2-8-23-15-28(14-13-22(23)7-1)29-18-32-30-16-24-9-3-5-11-26(24)20-34(30)37-35-21-27-12-6-4-10-25(27)17-31(35)33(19-29)36(32)37/h1-21H. The van der Waals surface area contributed by atoms with E-state index >= 15 is 0 Å². The van der Waals surface area contributed by atoms with Gasteiger partial charge in [0.1, 0.15) is 0 Å². The van der Waals surface area contributed by atoms with Crippen LogP contribution in [0.3, 0.4) is 0 Å². The van der Waals surface area contributed by atoms with E-state index in [-0.39, 0.29) is 0 Å². The van der Waals surface area contributed by atoms with Crippen molar-refractivity contribution in [1.29, 1.82) is 0 Å². The van der Waals surface area contributed by atoms with Gasteiger partial charge in [-0.2, -0.15) is 0 Å². The van der Waals surface area contributed by atoms with Gasteiger partial charge in [-0.05, 0) is 85.9 Å². The summed E-state index contributed by atoms with van der Waals surface area (Å²) < 4.78 is 2.50. The molecule has 1 nitrogen and oxygen atoms in total.